The lowest BCUT2D eigenvalue weighted by molar-refractivity contribution is -0.138. The summed E-state index contributed by atoms with van der Waals surface area (Å²) in [6.07, 6.45) is 3.67. The van der Waals surface area contributed by atoms with Crippen molar-refractivity contribution in [2.24, 2.45) is 5.92 Å². The van der Waals surface area contributed by atoms with E-state index in [1.54, 1.807) is 6.07 Å². The maximum absolute atomic E-state index is 12.4. The first-order valence-corrected chi connectivity index (χ1v) is 9.14. The van der Waals surface area contributed by atoms with Crippen LogP contribution in [-0.4, -0.2) is 17.7 Å². The molecule has 0 heterocycles. The van der Waals surface area contributed by atoms with Gasteiger partial charge in [-0.25, -0.2) is 0 Å². The van der Waals surface area contributed by atoms with Crippen LogP contribution in [-0.2, 0) is 11.2 Å². The second-order valence-electron chi connectivity index (χ2n) is 6.40. The molecule has 0 aliphatic rings. The topological polar surface area (TPSA) is 55.8 Å². The van der Waals surface area contributed by atoms with Gasteiger partial charge in [-0.2, -0.15) is 0 Å². The molecule has 0 radical (unpaired) electrons. The number of carbonyl (C=O) groups excluding carboxylic acids is 1. The van der Waals surface area contributed by atoms with Crippen LogP contribution in [0, 0.1) is 5.92 Å². The SMILES string of the molecule is CCCc1ccc2c(O)c(OCC)cc(OC(=O)C(C)CCC)c2c1. The number of ether oxygens (including phenoxy) is 2. The third-order valence-electron chi connectivity index (χ3n) is 4.27. The highest BCUT2D eigenvalue weighted by molar-refractivity contribution is 5.97. The zero-order valence-electron chi connectivity index (χ0n) is 15.6. The minimum absolute atomic E-state index is 0.0845. The van der Waals surface area contributed by atoms with Crippen LogP contribution in [0.1, 0.15) is 52.5 Å². The standard InChI is InChI=1S/C21H28O4/c1-5-8-14(4)21(23)25-18-13-19(24-7-3)20(22)16-11-10-15(9-6-2)12-17(16)18/h10-14,22H,5-9H2,1-4H3. The smallest absolute Gasteiger partial charge is 0.314 e. The lowest BCUT2D eigenvalue weighted by Gasteiger charge is -2.16. The maximum atomic E-state index is 12.4. The summed E-state index contributed by atoms with van der Waals surface area (Å²) in [5.74, 6) is 0.452. The summed E-state index contributed by atoms with van der Waals surface area (Å²) in [6, 6.07) is 7.46. The second-order valence-corrected chi connectivity index (χ2v) is 6.40. The van der Waals surface area contributed by atoms with Crippen LogP contribution in [0.3, 0.4) is 0 Å². The van der Waals surface area contributed by atoms with Crippen LogP contribution in [0.4, 0.5) is 0 Å². The van der Waals surface area contributed by atoms with Crippen molar-refractivity contribution in [1.29, 1.82) is 0 Å². The van der Waals surface area contributed by atoms with Crippen molar-refractivity contribution in [3.8, 4) is 17.2 Å². The average molecular weight is 344 g/mol. The zero-order chi connectivity index (χ0) is 18.4. The predicted molar refractivity (Wildman–Crippen MR) is 100 cm³/mol. The Labute approximate surface area is 149 Å². The van der Waals surface area contributed by atoms with E-state index in [0.29, 0.717) is 23.5 Å². The Hall–Kier alpha value is -2.23. The van der Waals surface area contributed by atoms with Crippen molar-refractivity contribution in [2.75, 3.05) is 6.61 Å². The Morgan fingerprint density at radius 3 is 2.48 bits per heavy atom. The summed E-state index contributed by atoms with van der Waals surface area (Å²) in [7, 11) is 0. The van der Waals surface area contributed by atoms with E-state index in [1.807, 2.05) is 39.0 Å². The van der Waals surface area contributed by atoms with Crippen molar-refractivity contribution in [1.82, 2.24) is 0 Å². The van der Waals surface area contributed by atoms with Crippen molar-refractivity contribution < 1.29 is 19.4 Å². The van der Waals surface area contributed by atoms with Gasteiger partial charge in [-0.15, -0.1) is 0 Å². The molecule has 0 bridgehead atoms. The summed E-state index contributed by atoms with van der Waals surface area (Å²) in [5, 5.41) is 11.9. The summed E-state index contributed by atoms with van der Waals surface area (Å²) in [6.45, 7) is 8.31. The Morgan fingerprint density at radius 1 is 1.08 bits per heavy atom. The summed E-state index contributed by atoms with van der Waals surface area (Å²) in [5.41, 5.74) is 1.15. The molecule has 0 aliphatic carbocycles. The quantitative estimate of drug-likeness (QED) is 0.526. The molecular weight excluding hydrogens is 316 g/mol. The normalized spacial score (nSPS) is 12.2. The van der Waals surface area contributed by atoms with Crippen molar-refractivity contribution in [3.63, 3.8) is 0 Å². The van der Waals surface area contributed by atoms with Gasteiger partial charge in [0.25, 0.3) is 0 Å². The number of aryl methyl sites for hydroxylation is 1. The van der Waals surface area contributed by atoms with E-state index < -0.39 is 0 Å². The lowest BCUT2D eigenvalue weighted by atomic mass is 10.0. The largest absolute Gasteiger partial charge is 0.504 e. The van der Waals surface area contributed by atoms with E-state index in [1.165, 1.54) is 0 Å². The van der Waals surface area contributed by atoms with Gasteiger partial charge < -0.3 is 14.6 Å². The van der Waals surface area contributed by atoms with E-state index in [-0.39, 0.29) is 17.6 Å². The fourth-order valence-electron chi connectivity index (χ4n) is 2.95. The molecule has 0 fully saturated rings. The molecule has 25 heavy (non-hydrogen) atoms. The molecule has 136 valence electrons. The Morgan fingerprint density at radius 2 is 1.84 bits per heavy atom. The third-order valence-corrected chi connectivity index (χ3v) is 4.27. The highest BCUT2D eigenvalue weighted by Crippen LogP contribution is 2.41. The third kappa shape index (κ3) is 4.44. The second kappa shape index (κ2) is 8.75. The minimum Gasteiger partial charge on any atom is -0.504 e. The number of fused-ring (bicyclic) bond motifs is 1. The Bertz CT molecular complexity index is 736. The molecule has 2 aromatic rings. The molecule has 0 amide bonds. The average Bonchev–Trinajstić information content (AvgIpc) is 2.59. The fourth-order valence-corrected chi connectivity index (χ4v) is 2.95. The maximum Gasteiger partial charge on any atom is 0.314 e. The molecule has 4 heteroatoms. The molecule has 2 rings (SSSR count). The van der Waals surface area contributed by atoms with Crippen LogP contribution in [0.15, 0.2) is 24.3 Å². The van der Waals surface area contributed by atoms with E-state index in [0.717, 1.165) is 36.6 Å². The number of hydrogen-bond donors (Lipinski definition) is 1. The van der Waals surface area contributed by atoms with Crippen LogP contribution >= 0.6 is 0 Å². The predicted octanol–water partition coefficient (Wildman–Crippen LogP) is 5.24. The van der Waals surface area contributed by atoms with Crippen molar-refractivity contribution in [2.45, 2.75) is 53.4 Å². The van der Waals surface area contributed by atoms with Gasteiger partial charge in [-0.05, 0) is 31.4 Å². The number of carbonyl (C=O) groups is 1. The highest BCUT2D eigenvalue weighted by Gasteiger charge is 2.19. The lowest BCUT2D eigenvalue weighted by Crippen LogP contribution is -2.17. The van der Waals surface area contributed by atoms with Gasteiger partial charge >= 0.3 is 5.97 Å². The number of phenols is 1. The monoisotopic (exact) mass is 344 g/mol. The fraction of sp³-hybridized carbons (Fsp3) is 0.476. The minimum atomic E-state index is -0.253. The number of benzene rings is 2. The molecule has 2 aromatic carbocycles. The van der Waals surface area contributed by atoms with Crippen molar-refractivity contribution in [3.05, 3.63) is 29.8 Å². The molecule has 0 aliphatic heterocycles. The van der Waals surface area contributed by atoms with E-state index in [9.17, 15) is 9.90 Å². The molecule has 1 atom stereocenters. The molecule has 0 saturated heterocycles. The van der Waals surface area contributed by atoms with Crippen LogP contribution in [0.5, 0.6) is 17.2 Å². The molecular formula is C21H28O4. The van der Waals surface area contributed by atoms with Gasteiger partial charge in [-0.3, -0.25) is 4.79 Å². The van der Waals surface area contributed by atoms with Crippen LogP contribution in [0.25, 0.3) is 10.8 Å². The van der Waals surface area contributed by atoms with Gasteiger partial charge in [0.1, 0.15) is 5.75 Å². The highest BCUT2D eigenvalue weighted by atomic mass is 16.5. The van der Waals surface area contributed by atoms with Crippen LogP contribution in [0.2, 0.25) is 0 Å². The Balaban J connectivity index is 2.51. The zero-order valence-corrected chi connectivity index (χ0v) is 15.6. The van der Waals surface area contributed by atoms with Gasteiger partial charge in [0.2, 0.25) is 0 Å². The molecule has 0 saturated carbocycles. The number of esters is 1. The van der Waals surface area contributed by atoms with E-state index >= 15 is 0 Å². The van der Waals surface area contributed by atoms with Crippen LogP contribution < -0.4 is 9.47 Å². The summed E-state index contributed by atoms with van der Waals surface area (Å²) < 4.78 is 11.2. The van der Waals surface area contributed by atoms with E-state index in [4.69, 9.17) is 9.47 Å². The van der Waals surface area contributed by atoms with Crippen molar-refractivity contribution >= 4 is 16.7 Å². The summed E-state index contributed by atoms with van der Waals surface area (Å²) >= 11 is 0. The summed E-state index contributed by atoms with van der Waals surface area (Å²) in [4.78, 5) is 12.4. The first-order valence-electron chi connectivity index (χ1n) is 9.14. The van der Waals surface area contributed by atoms with E-state index in [2.05, 4.69) is 6.92 Å². The number of hydrogen-bond acceptors (Lipinski definition) is 4. The Kier molecular flexibility index (Phi) is 6.68. The molecule has 4 nitrogen and oxygen atoms in total. The number of aromatic hydroxyl groups is 1. The van der Waals surface area contributed by atoms with Gasteiger partial charge in [0.05, 0.1) is 12.5 Å². The molecule has 1 unspecified atom stereocenters. The first-order chi connectivity index (χ1) is 12.0. The molecule has 0 aromatic heterocycles. The van der Waals surface area contributed by atoms with Gasteiger partial charge in [-0.1, -0.05) is 45.7 Å². The molecule has 1 N–H and O–H groups in total. The van der Waals surface area contributed by atoms with Gasteiger partial charge in [0, 0.05) is 16.8 Å². The van der Waals surface area contributed by atoms with Gasteiger partial charge in [0.15, 0.2) is 11.5 Å². The number of phenolic OH excluding ortho intramolecular Hbond substituents is 1. The molecule has 0 spiro atoms. The first kappa shape index (κ1) is 19.1. The number of rotatable bonds is 8.